The van der Waals surface area contributed by atoms with Crippen molar-refractivity contribution >= 4 is 39.2 Å². The number of carboxylic acid groups (broad SMARTS) is 1. The van der Waals surface area contributed by atoms with Crippen LogP contribution < -0.4 is 5.56 Å². The Bertz CT molecular complexity index is 1380. The van der Waals surface area contributed by atoms with Crippen LogP contribution in [0.4, 0.5) is 0 Å². The van der Waals surface area contributed by atoms with Crippen molar-refractivity contribution in [3.63, 3.8) is 0 Å². The molecule has 0 radical (unpaired) electrons. The quantitative estimate of drug-likeness (QED) is 0.508. The second-order valence-electron chi connectivity index (χ2n) is 7.32. The van der Waals surface area contributed by atoms with Crippen LogP contribution in [-0.2, 0) is 6.54 Å². The van der Waals surface area contributed by atoms with Gasteiger partial charge in [0.05, 0.1) is 10.9 Å². The van der Waals surface area contributed by atoms with Gasteiger partial charge in [-0.2, -0.15) is 0 Å². The van der Waals surface area contributed by atoms with Crippen molar-refractivity contribution in [3.8, 4) is 11.1 Å². The molecule has 0 unspecified atom stereocenters. The number of thiophene rings is 1. The largest absolute Gasteiger partial charge is 0.478 e. The van der Waals surface area contributed by atoms with E-state index in [0.717, 1.165) is 38.4 Å². The van der Waals surface area contributed by atoms with E-state index >= 15 is 0 Å². The molecule has 2 aromatic carbocycles. The number of carboxylic acids is 1. The third-order valence-electron chi connectivity index (χ3n) is 5.44. The molecule has 0 aliphatic carbocycles. The topological polar surface area (TPSA) is 72.2 Å². The molecule has 148 valence electrons. The Morgan fingerprint density at radius 1 is 1.13 bits per heavy atom. The predicted octanol–water partition coefficient (Wildman–Crippen LogP) is 5.08. The molecule has 1 aliphatic rings. The van der Waals surface area contributed by atoms with Gasteiger partial charge in [-0.05, 0) is 48.3 Å². The van der Waals surface area contributed by atoms with Gasteiger partial charge in [-0.15, -0.1) is 11.3 Å². The maximum atomic E-state index is 13.4. The van der Waals surface area contributed by atoms with E-state index in [1.807, 2.05) is 43.3 Å². The number of hydrogen-bond donors (Lipinski definition) is 1. The number of rotatable bonds is 3. The molecule has 1 aliphatic heterocycles. The molecule has 0 bridgehead atoms. The van der Waals surface area contributed by atoms with Crippen LogP contribution in [0.25, 0.3) is 33.0 Å². The Labute approximate surface area is 176 Å². The molecule has 1 N–H and O–H groups in total. The fraction of sp³-hybridized carbons (Fsp3) is 0.125. The summed E-state index contributed by atoms with van der Waals surface area (Å²) in [5, 5.41) is 9.76. The van der Waals surface area contributed by atoms with Gasteiger partial charge in [-0.3, -0.25) is 9.36 Å². The number of hydrogen-bond acceptors (Lipinski definition) is 4. The number of nitrogens with zero attached hydrogens (tertiary/aromatic N) is 2. The molecule has 6 heteroatoms. The van der Waals surface area contributed by atoms with Crippen molar-refractivity contribution < 1.29 is 9.90 Å². The highest BCUT2D eigenvalue weighted by Crippen LogP contribution is 2.37. The summed E-state index contributed by atoms with van der Waals surface area (Å²) in [4.78, 5) is 31.1. The van der Waals surface area contributed by atoms with Gasteiger partial charge in [0, 0.05) is 17.0 Å². The summed E-state index contributed by atoms with van der Waals surface area (Å²) >= 11 is 1.55. The van der Waals surface area contributed by atoms with E-state index in [2.05, 4.69) is 0 Å². The maximum absolute atomic E-state index is 13.4. The molecule has 4 aromatic rings. The molecule has 0 spiro atoms. The fourth-order valence-corrected chi connectivity index (χ4v) is 5.04. The van der Waals surface area contributed by atoms with Gasteiger partial charge in [0.15, 0.2) is 0 Å². The minimum atomic E-state index is -0.946. The Hall–Kier alpha value is -3.51. The third-order valence-corrected chi connectivity index (χ3v) is 6.44. The lowest BCUT2D eigenvalue weighted by Gasteiger charge is -2.05. The number of carbonyl (C=O) groups is 1. The number of aromatic carboxylic acids is 1. The first-order valence-corrected chi connectivity index (χ1v) is 10.5. The van der Waals surface area contributed by atoms with Crippen LogP contribution in [0.2, 0.25) is 0 Å². The molecule has 5 nitrogen and oxygen atoms in total. The van der Waals surface area contributed by atoms with Crippen molar-refractivity contribution in [3.05, 3.63) is 86.8 Å². The van der Waals surface area contributed by atoms with E-state index in [0.29, 0.717) is 17.8 Å². The van der Waals surface area contributed by atoms with Gasteiger partial charge in [-0.25, -0.2) is 9.78 Å². The number of aromatic nitrogens is 2. The van der Waals surface area contributed by atoms with E-state index in [9.17, 15) is 9.59 Å². The van der Waals surface area contributed by atoms with Crippen LogP contribution in [0.3, 0.4) is 0 Å². The number of aryl methyl sites for hydroxylation is 1. The van der Waals surface area contributed by atoms with Gasteiger partial charge >= 0.3 is 5.97 Å². The van der Waals surface area contributed by atoms with E-state index in [-0.39, 0.29) is 11.1 Å². The Kier molecular flexibility index (Phi) is 4.37. The van der Waals surface area contributed by atoms with Crippen molar-refractivity contribution in [2.45, 2.75) is 19.9 Å². The summed E-state index contributed by atoms with van der Waals surface area (Å²) in [5.41, 5.74) is 4.15. The summed E-state index contributed by atoms with van der Waals surface area (Å²) in [6, 6.07) is 16.7. The number of fused-ring (bicyclic) bond motifs is 2. The Morgan fingerprint density at radius 3 is 2.57 bits per heavy atom. The molecule has 30 heavy (non-hydrogen) atoms. The van der Waals surface area contributed by atoms with Crippen LogP contribution in [-0.4, -0.2) is 20.6 Å². The van der Waals surface area contributed by atoms with Gasteiger partial charge in [0.2, 0.25) is 0 Å². The summed E-state index contributed by atoms with van der Waals surface area (Å²) in [6.07, 6.45) is 2.71. The minimum Gasteiger partial charge on any atom is -0.478 e. The van der Waals surface area contributed by atoms with Gasteiger partial charge < -0.3 is 5.11 Å². The standard InChI is InChI=1S/C24H18N2O3S/c1-14-19(16-5-3-2-4-6-16)20-22(30-14)25-21-18(11-12-26(21)23(20)27)13-15-7-9-17(10-8-15)24(28)29/h2-10,13H,11-12H2,1H3,(H,28,29). The minimum absolute atomic E-state index is 0.00262. The zero-order valence-electron chi connectivity index (χ0n) is 16.3. The molecular formula is C24H18N2O3S. The highest BCUT2D eigenvalue weighted by Gasteiger charge is 2.24. The first kappa shape index (κ1) is 18.5. The highest BCUT2D eigenvalue weighted by atomic mass is 32.1. The zero-order valence-corrected chi connectivity index (χ0v) is 17.1. The SMILES string of the molecule is Cc1sc2nc3n(c(=O)c2c1-c1ccccc1)CCC3=Cc1ccc(C(=O)O)cc1. The number of allylic oxidation sites excluding steroid dienone is 1. The first-order valence-electron chi connectivity index (χ1n) is 9.66. The summed E-state index contributed by atoms with van der Waals surface area (Å²) in [7, 11) is 0. The molecule has 3 heterocycles. The second kappa shape index (κ2) is 7.07. The summed E-state index contributed by atoms with van der Waals surface area (Å²) in [6.45, 7) is 2.63. The van der Waals surface area contributed by atoms with Crippen molar-refractivity contribution in [2.24, 2.45) is 0 Å². The van der Waals surface area contributed by atoms with E-state index in [1.54, 1.807) is 40.2 Å². The summed E-state index contributed by atoms with van der Waals surface area (Å²) in [5.74, 6) is -0.242. The average molecular weight is 414 g/mol. The first-order chi connectivity index (χ1) is 14.5. The Morgan fingerprint density at radius 2 is 1.87 bits per heavy atom. The highest BCUT2D eigenvalue weighted by molar-refractivity contribution is 7.19. The molecule has 0 amide bonds. The normalized spacial score (nSPS) is 14.4. The van der Waals surface area contributed by atoms with E-state index < -0.39 is 5.97 Å². The Balaban J connectivity index is 1.64. The van der Waals surface area contributed by atoms with Crippen LogP contribution in [0, 0.1) is 6.92 Å². The lowest BCUT2D eigenvalue weighted by atomic mass is 10.0. The monoisotopic (exact) mass is 414 g/mol. The van der Waals surface area contributed by atoms with Crippen molar-refractivity contribution in [2.75, 3.05) is 0 Å². The molecule has 0 fully saturated rings. The van der Waals surface area contributed by atoms with Crippen LogP contribution in [0.5, 0.6) is 0 Å². The van der Waals surface area contributed by atoms with Gasteiger partial charge in [-0.1, -0.05) is 42.5 Å². The van der Waals surface area contributed by atoms with Gasteiger partial charge in [0.25, 0.3) is 5.56 Å². The maximum Gasteiger partial charge on any atom is 0.335 e. The lowest BCUT2D eigenvalue weighted by Crippen LogP contribution is -2.20. The smallest absolute Gasteiger partial charge is 0.335 e. The molecule has 0 saturated carbocycles. The lowest BCUT2D eigenvalue weighted by molar-refractivity contribution is 0.0697. The summed E-state index contributed by atoms with van der Waals surface area (Å²) < 4.78 is 1.76. The molecule has 5 rings (SSSR count). The van der Waals surface area contributed by atoms with Crippen LogP contribution in [0.1, 0.15) is 33.0 Å². The van der Waals surface area contributed by atoms with Gasteiger partial charge in [0.1, 0.15) is 10.7 Å². The molecular weight excluding hydrogens is 396 g/mol. The van der Waals surface area contributed by atoms with E-state index in [1.165, 1.54) is 0 Å². The second-order valence-corrected chi connectivity index (χ2v) is 8.52. The predicted molar refractivity (Wildman–Crippen MR) is 120 cm³/mol. The van der Waals surface area contributed by atoms with Crippen molar-refractivity contribution in [1.29, 1.82) is 0 Å². The fourth-order valence-electron chi connectivity index (χ4n) is 4.00. The average Bonchev–Trinajstić information content (AvgIpc) is 3.30. The molecule has 2 aromatic heterocycles. The van der Waals surface area contributed by atoms with E-state index in [4.69, 9.17) is 10.1 Å². The number of benzene rings is 2. The molecule has 0 atom stereocenters. The van der Waals surface area contributed by atoms with Crippen molar-refractivity contribution in [1.82, 2.24) is 9.55 Å². The van der Waals surface area contributed by atoms with Crippen LogP contribution in [0.15, 0.2) is 59.4 Å². The zero-order chi connectivity index (χ0) is 20.8. The molecule has 0 saturated heterocycles. The van der Waals surface area contributed by atoms with Crippen LogP contribution >= 0.6 is 11.3 Å². The third kappa shape index (κ3) is 2.97.